The molecule has 1 heterocycles. The van der Waals surface area contributed by atoms with Crippen LogP contribution >= 0.6 is 0 Å². The van der Waals surface area contributed by atoms with Crippen molar-refractivity contribution in [2.24, 2.45) is 0 Å². The third-order valence-corrected chi connectivity index (χ3v) is 3.20. The standard InChI is InChI=1S/C14H20N2O2/c17-14(18)10-15-9-12-4-3-5-13(8-12)11-16-6-1-2-7-16/h3-5,8,15H,1-2,6-7,9-11H2,(H,17,18). The lowest BCUT2D eigenvalue weighted by Crippen LogP contribution is -2.22. The van der Waals surface area contributed by atoms with Crippen LogP contribution in [0.2, 0.25) is 0 Å². The number of carboxylic acids is 1. The SMILES string of the molecule is O=C(O)CNCc1cccc(CN2CCCC2)c1. The lowest BCUT2D eigenvalue weighted by molar-refractivity contribution is -0.135. The molecule has 2 N–H and O–H groups in total. The summed E-state index contributed by atoms with van der Waals surface area (Å²) in [5.74, 6) is -0.816. The first-order valence-electron chi connectivity index (χ1n) is 6.47. The van der Waals surface area contributed by atoms with Gasteiger partial charge in [0.1, 0.15) is 0 Å². The van der Waals surface area contributed by atoms with Crippen molar-refractivity contribution in [2.45, 2.75) is 25.9 Å². The molecule has 4 heteroatoms. The molecule has 0 aromatic heterocycles. The topological polar surface area (TPSA) is 52.6 Å². The average molecular weight is 248 g/mol. The zero-order valence-electron chi connectivity index (χ0n) is 10.6. The minimum Gasteiger partial charge on any atom is -0.480 e. The molecule has 0 saturated carbocycles. The summed E-state index contributed by atoms with van der Waals surface area (Å²) >= 11 is 0. The van der Waals surface area contributed by atoms with Crippen molar-refractivity contribution in [3.8, 4) is 0 Å². The number of aliphatic carboxylic acids is 1. The first kappa shape index (κ1) is 13.1. The van der Waals surface area contributed by atoms with Crippen LogP contribution in [-0.4, -0.2) is 35.6 Å². The second-order valence-electron chi connectivity index (χ2n) is 4.80. The summed E-state index contributed by atoms with van der Waals surface area (Å²) in [6.07, 6.45) is 2.61. The molecule has 0 unspecified atom stereocenters. The third-order valence-electron chi connectivity index (χ3n) is 3.20. The molecular weight excluding hydrogens is 228 g/mol. The zero-order chi connectivity index (χ0) is 12.8. The van der Waals surface area contributed by atoms with E-state index in [1.54, 1.807) is 0 Å². The highest BCUT2D eigenvalue weighted by molar-refractivity contribution is 5.68. The van der Waals surface area contributed by atoms with E-state index in [1.807, 2.05) is 12.1 Å². The second-order valence-corrected chi connectivity index (χ2v) is 4.80. The van der Waals surface area contributed by atoms with Gasteiger partial charge in [-0.25, -0.2) is 0 Å². The first-order valence-corrected chi connectivity index (χ1v) is 6.47. The molecule has 0 atom stereocenters. The van der Waals surface area contributed by atoms with Crippen LogP contribution in [0.4, 0.5) is 0 Å². The van der Waals surface area contributed by atoms with Gasteiger partial charge in [0.2, 0.25) is 0 Å². The van der Waals surface area contributed by atoms with Crippen molar-refractivity contribution in [1.82, 2.24) is 10.2 Å². The summed E-state index contributed by atoms with van der Waals surface area (Å²) < 4.78 is 0. The van der Waals surface area contributed by atoms with E-state index in [0.717, 1.165) is 12.1 Å². The van der Waals surface area contributed by atoms with E-state index in [0.29, 0.717) is 6.54 Å². The molecule has 0 spiro atoms. The van der Waals surface area contributed by atoms with Gasteiger partial charge in [0.15, 0.2) is 0 Å². The highest BCUT2D eigenvalue weighted by Gasteiger charge is 2.11. The van der Waals surface area contributed by atoms with Gasteiger partial charge >= 0.3 is 5.97 Å². The van der Waals surface area contributed by atoms with Gasteiger partial charge in [0, 0.05) is 13.1 Å². The number of likely N-dealkylation sites (tertiary alicyclic amines) is 1. The van der Waals surface area contributed by atoms with E-state index >= 15 is 0 Å². The summed E-state index contributed by atoms with van der Waals surface area (Å²) in [7, 11) is 0. The number of rotatable bonds is 6. The Kier molecular flexibility index (Phi) is 4.73. The van der Waals surface area contributed by atoms with Crippen LogP contribution in [0.1, 0.15) is 24.0 Å². The Bertz CT molecular complexity index is 401. The maximum absolute atomic E-state index is 10.4. The van der Waals surface area contributed by atoms with Gasteiger partial charge in [-0.1, -0.05) is 24.3 Å². The third kappa shape index (κ3) is 4.13. The fourth-order valence-electron chi connectivity index (χ4n) is 2.35. The molecule has 4 nitrogen and oxygen atoms in total. The second kappa shape index (κ2) is 6.52. The molecule has 0 aliphatic carbocycles. The maximum Gasteiger partial charge on any atom is 0.317 e. The molecule has 1 aromatic carbocycles. The molecule has 0 amide bonds. The summed E-state index contributed by atoms with van der Waals surface area (Å²) in [5, 5.41) is 11.5. The van der Waals surface area contributed by atoms with Gasteiger partial charge in [-0.2, -0.15) is 0 Å². The molecular formula is C14H20N2O2. The highest BCUT2D eigenvalue weighted by atomic mass is 16.4. The number of hydrogen-bond acceptors (Lipinski definition) is 3. The molecule has 2 rings (SSSR count). The van der Waals surface area contributed by atoms with Crippen molar-refractivity contribution < 1.29 is 9.90 Å². The van der Waals surface area contributed by atoms with E-state index in [1.165, 1.54) is 31.5 Å². The monoisotopic (exact) mass is 248 g/mol. The Morgan fingerprint density at radius 1 is 1.28 bits per heavy atom. The van der Waals surface area contributed by atoms with Crippen LogP contribution in [-0.2, 0) is 17.9 Å². The van der Waals surface area contributed by atoms with Gasteiger partial charge < -0.3 is 10.4 Å². The van der Waals surface area contributed by atoms with Crippen LogP contribution < -0.4 is 5.32 Å². The minimum atomic E-state index is -0.816. The zero-order valence-corrected chi connectivity index (χ0v) is 10.6. The molecule has 1 aliphatic rings. The van der Waals surface area contributed by atoms with Crippen LogP contribution in [0.15, 0.2) is 24.3 Å². The number of nitrogens with zero attached hydrogens (tertiary/aromatic N) is 1. The van der Waals surface area contributed by atoms with Gasteiger partial charge in [-0.15, -0.1) is 0 Å². The van der Waals surface area contributed by atoms with E-state index < -0.39 is 5.97 Å². The lowest BCUT2D eigenvalue weighted by Gasteiger charge is -2.15. The number of hydrogen-bond donors (Lipinski definition) is 2. The molecule has 0 bridgehead atoms. The van der Waals surface area contributed by atoms with Gasteiger partial charge in [-0.05, 0) is 37.1 Å². The normalized spacial score (nSPS) is 16.0. The first-order chi connectivity index (χ1) is 8.74. The molecule has 0 radical (unpaired) electrons. The van der Waals surface area contributed by atoms with Crippen LogP contribution in [0.3, 0.4) is 0 Å². The Balaban J connectivity index is 1.86. The molecule has 1 saturated heterocycles. The minimum absolute atomic E-state index is 0.0103. The maximum atomic E-state index is 10.4. The van der Waals surface area contributed by atoms with Crippen LogP contribution in [0.25, 0.3) is 0 Å². The highest BCUT2D eigenvalue weighted by Crippen LogP contribution is 2.13. The van der Waals surface area contributed by atoms with Crippen molar-refractivity contribution in [1.29, 1.82) is 0 Å². The quantitative estimate of drug-likeness (QED) is 0.800. The number of carbonyl (C=O) groups is 1. The largest absolute Gasteiger partial charge is 0.480 e. The van der Waals surface area contributed by atoms with Gasteiger partial charge in [0.05, 0.1) is 6.54 Å². The van der Waals surface area contributed by atoms with Gasteiger partial charge in [-0.3, -0.25) is 9.69 Å². The van der Waals surface area contributed by atoms with E-state index in [9.17, 15) is 4.79 Å². The Hall–Kier alpha value is -1.39. The van der Waals surface area contributed by atoms with Crippen LogP contribution in [0, 0.1) is 0 Å². The van der Waals surface area contributed by atoms with Gasteiger partial charge in [0.25, 0.3) is 0 Å². The Labute approximate surface area is 108 Å². The van der Waals surface area contributed by atoms with Crippen molar-refractivity contribution in [3.05, 3.63) is 35.4 Å². The summed E-state index contributed by atoms with van der Waals surface area (Å²) in [6, 6.07) is 8.37. The van der Waals surface area contributed by atoms with Crippen LogP contribution in [0.5, 0.6) is 0 Å². The molecule has 1 aromatic rings. The number of nitrogens with one attached hydrogen (secondary N) is 1. The predicted octanol–water partition coefficient (Wildman–Crippen LogP) is 1.46. The smallest absolute Gasteiger partial charge is 0.317 e. The van der Waals surface area contributed by atoms with Crippen molar-refractivity contribution in [2.75, 3.05) is 19.6 Å². The number of benzene rings is 1. The Morgan fingerprint density at radius 3 is 2.72 bits per heavy atom. The Morgan fingerprint density at radius 2 is 2.00 bits per heavy atom. The molecule has 1 fully saturated rings. The molecule has 18 heavy (non-hydrogen) atoms. The lowest BCUT2D eigenvalue weighted by atomic mass is 10.1. The fourth-order valence-corrected chi connectivity index (χ4v) is 2.35. The molecule has 1 aliphatic heterocycles. The van der Waals surface area contributed by atoms with E-state index in [-0.39, 0.29) is 6.54 Å². The van der Waals surface area contributed by atoms with E-state index in [4.69, 9.17) is 5.11 Å². The average Bonchev–Trinajstić information content (AvgIpc) is 2.82. The number of carboxylic acid groups (broad SMARTS) is 1. The molecule has 98 valence electrons. The van der Waals surface area contributed by atoms with E-state index in [2.05, 4.69) is 22.3 Å². The fraction of sp³-hybridized carbons (Fsp3) is 0.500. The predicted molar refractivity (Wildman–Crippen MR) is 70.3 cm³/mol. The summed E-state index contributed by atoms with van der Waals surface area (Å²) in [5.41, 5.74) is 2.46. The van der Waals surface area contributed by atoms with Crippen molar-refractivity contribution in [3.63, 3.8) is 0 Å². The van der Waals surface area contributed by atoms with Crippen molar-refractivity contribution >= 4 is 5.97 Å². The summed E-state index contributed by atoms with van der Waals surface area (Å²) in [4.78, 5) is 12.9. The summed E-state index contributed by atoms with van der Waals surface area (Å²) in [6.45, 7) is 4.02.